The molecule has 3 unspecified atom stereocenters. The Labute approximate surface area is 198 Å². The number of nitrogens with zero attached hydrogens (tertiary/aromatic N) is 1. The van der Waals surface area contributed by atoms with Crippen molar-refractivity contribution in [2.75, 3.05) is 11.9 Å². The second-order valence-corrected chi connectivity index (χ2v) is 9.86. The zero-order chi connectivity index (χ0) is 22.8. The number of anilines is 1. The molecule has 1 nitrogen and oxygen atoms in total. The van der Waals surface area contributed by atoms with Gasteiger partial charge in [-0.25, -0.2) is 0 Å². The van der Waals surface area contributed by atoms with Gasteiger partial charge in [0.1, 0.15) is 0 Å². The molecular weight excluding hydrogens is 398 g/mol. The van der Waals surface area contributed by atoms with Gasteiger partial charge in [-0.05, 0) is 47.4 Å². The maximum absolute atomic E-state index is 2.48. The van der Waals surface area contributed by atoms with E-state index in [0.29, 0.717) is 11.8 Å². The van der Waals surface area contributed by atoms with E-state index in [1.165, 1.54) is 33.3 Å². The SMILES string of the molecule is CC1C=C(C2(C)C=CC(N(C)c3cccc4ccccc34)=CC(c3ccccc3)C2)C=CC1. The molecule has 0 bridgehead atoms. The summed E-state index contributed by atoms with van der Waals surface area (Å²) in [4.78, 5) is 2.36. The first kappa shape index (κ1) is 21.5. The van der Waals surface area contributed by atoms with Gasteiger partial charge in [0.05, 0.1) is 0 Å². The van der Waals surface area contributed by atoms with Gasteiger partial charge in [-0.2, -0.15) is 0 Å². The molecule has 0 saturated heterocycles. The van der Waals surface area contributed by atoms with Gasteiger partial charge in [-0.3, -0.25) is 0 Å². The molecule has 3 aromatic rings. The predicted molar refractivity (Wildman–Crippen MR) is 142 cm³/mol. The fraction of sp³-hybridized carbons (Fsp3) is 0.250. The Balaban J connectivity index is 1.60. The normalized spacial score (nSPS) is 24.8. The highest BCUT2D eigenvalue weighted by Crippen LogP contribution is 2.45. The molecule has 0 saturated carbocycles. The summed E-state index contributed by atoms with van der Waals surface area (Å²) in [5, 5.41) is 2.56. The monoisotopic (exact) mass is 431 g/mol. The number of fused-ring (bicyclic) bond motifs is 1. The summed E-state index contributed by atoms with van der Waals surface area (Å²) in [5.74, 6) is 0.935. The molecule has 0 aromatic heterocycles. The minimum atomic E-state index is -0.0104. The van der Waals surface area contributed by atoms with Crippen molar-refractivity contribution in [1.29, 1.82) is 0 Å². The molecule has 0 amide bonds. The van der Waals surface area contributed by atoms with E-state index in [-0.39, 0.29) is 5.41 Å². The van der Waals surface area contributed by atoms with Crippen molar-refractivity contribution in [2.45, 2.75) is 32.6 Å². The highest BCUT2D eigenvalue weighted by Gasteiger charge is 2.32. The molecule has 0 aliphatic heterocycles. The lowest BCUT2D eigenvalue weighted by atomic mass is 9.72. The summed E-state index contributed by atoms with van der Waals surface area (Å²) in [7, 11) is 2.20. The van der Waals surface area contributed by atoms with E-state index in [1.807, 2.05) is 0 Å². The van der Waals surface area contributed by atoms with Crippen LogP contribution in [0.25, 0.3) is 10.8 Å². The largest absolute Gasteiger partial charge is 0.344 e. The Hall–Kier alpha value is -3.32. The first-order valence-corrected chi connectivity index (χ1v) is 12.1. The van der Waals surface area contributed by atoms with Crippen LogP contribution in [-0.4, -0.2) is 7.05 Å². The van der Waals surface area contributed by atoms with Crippen molar-refractivity contribution in [1.82, 2.24) is 0 Å². The van der Waals surface area contributed by atoms with Crippen LogP contribution in [-0.2, 0) is 0 Å². The molecule has 33 heavy (non-hydrogen) atoms. The predicted octanol–water partition coefficient (Wildman–Crippen LogP) is 8.43. The maximum Gasteiger partial charge on any atom is 0.0487 e. The number of benzene rings is 3. The molecule has 1 heteroatoms. The smallest absolute Gasteiger partial charge is 0.0487 e. The molecule has 166 valence electrons. The van der Waals surface area contributed by atoms with Crippen LogP contribution >= 0.6 is 0 Å². The van der Waals surface area contributed by atoms with Crippen LogP contribution in [0.15, 0.2) is 121 Å². The molecule has 2 aliphatic rings. The van der Waals surface area contributed by atoms with Gasteiger partial charge in [0.15, 0.2) is 0 Å². The Bertz CT molecular complexity index is 1250. The van der Waals surface area contributed by atoms with Crippen LogP contribution in [0.5, 0.6) is 0 Å². The molecule has 0 spiro atoms. The van der Waals surface area contributed by atoms with Crippen molar-refractivity contribution in [2.24, 2.45) is 11.3 Å². The van der Waals surface area contributed by atoms with Crippen LogP contribution in [0.2, 0.25) is 0 Å². The van der Waals surface area contributed by atoms with E-state index in [0.717, 1.165) is 12.8 Å². The second-order valence-electron chi connectivity index (χ2n) is 9.86. The van der Waals surface area contributed by atoms with E-state index >= 15 is 0 Å². The molecule has 3 atom stereocenters. The summed E-state index contributed by atoms with van der Waals surface area (Å²) < 4.78 is 0. The third-order valence-corrected chi connectivity index (χ3v) is 7.31. The Morgan fingerprint density at radius 1 is 0.848 bits per heavy atom. The number of allylic oxidation sites excluding steroid dienone is 7. The zero-order valence-electron chi connectivity index (χ0n) is 19.9. The Kier molecular flexibility index (Phi) is 5.81. The molecule has 0 heterocycles. The lowest BCUT2D eigenvalue weighted by molar-refractivity contribution is 0.449. The first-order valence-electron chi connectivity index (χ1n) is 12.1. The third-order valence-electron chi connectivity index (χ3n) is 7.31. The quantitative estimate of drug-likeness (QED) is 0.400. The average Bonchev–Trinajstić information content (AvgIpc) is 3.04. The van der Waals surface area contributed by atoms with E-state index < -0.39 is 0 Å². The van der Waals surface area contributed by atoms with Gasteiger partial charge in [0.25, 0.3) is 0 Å². The number of rotatable bonds is 4. The molecule has 0 fully saturated rings. The molecule has 5 rings (SSSR count). The fourth-order valence-corrected chi connectivity index (χ4v) is 5.33. The molecule has 3 aromatic carbocycles. The summed E-state index contributed by atoms with van der Waals surface area (Å²) in [6.45, 7) is 4.72. The van der Waals surface area contributed by atoms with E-state index in [4.69, 9.17) is 0 Å². The van der Waals surface area contributed by atoms with Crippen LogP contribution in [0.3, 0.4) is 0 Å². The molecular formula is C32H33N. The molecule has 2 aliphatic carbocycles. The van der Waals surface area contributed by atoms with Crippen LogP contribution < -0.4 is 4.90 Å². The van der Waals surface area contributed by atoms with Crippen LogP contribution in [0.4, 0.5) is 5.69 Å². The summed E-state index contributed by atoms with van der Waals surface area (Å²) in [5.41, 5.74) is 5.30. The Morgan fingerprint density at radius 2 is 1.61 bits per heavy atom. The van der Waals surface area contributed by atoms with Gasteiger partial charge >= 0.3 is 0 Å². The Morgan fingerprint density at radius 3 is 2.42 bits per heavy atom. The maximum atomic E-state index is 2.48. The second kappa shape index (κ2) is 8.90. The standard InChI is InChI=1S/C32H33N/c1-24-11-9-16-28(21-24)32(2)20-19-29(22-27(23-32)25-12-5-4-6-13-25)33(3)31-18-10-15-26-14-7-8-17-30(26)31/h4-10,12-22,24,27H,11,23H2,1-3H3. The van der Waals surface area contributed by atoms with Gasteiger partial charge in [-0.15, -0.1) is 0 Å². The lowest BCUT2D eigenvalue weighted by Gasteiger charge is -2.32. The topological polar surface area (TPSA) is 3.24 Å². The summed E-state index contributed by atoms with van der Waals surface area (Å²) >= 11 is 0. The number of hydrogen-bond acceptors (Lipinski definition) is 1. The molecule has 0 N–H and O–H groups in total. The summed E-state index contributed by atoms with van der Waals surface area (Å²) in [6.07, 6.45) is 16.6. The van der Waals surface area contributed by atoms with E-state index in [2.05, 4.69) is 135 Å². The minimum Gasteiger partial charge on any atom is -0.344 e. The number of hydrogen-bond donors (Lipinski definition) is 0. The van der Waals surface area contributed by atoms with Gasteiger partial charge in [0.2, 0.25) is 0 Å². The lowest BCUT2D eigenvalue weighted by Crippen LogP contribution is -2.20. The molecule has 0 radical (unpaired) electrons. The fourth-order valence-electron chi connectivity index (χ4n) is 5.33. The third kappa shape index (κ3) is 4.33. The van der Waals surface area contributed by atoms with Crippen molar-refractivity contribution in [3.63, 3.8) is 0 Å². The highest BCUT2D eigenvalue weighted by molar-refractivity contribution is 5.95. The van der Waals surface area contributed by atoms with Crippen molar-refractivity contribution < 1.29 is 0 Å². The average molecular weight is 432 g/mol. The van der Waals surface area contributed by atoms with E-state index in [1.54, 1.807) is 0 Å². The van der Waals surface area contributed by atoms with E-state index in [9.17, 15) is 0 Å². The van der Waals surface area contributed by atoms with Crippen molar-refractivity contribution >= 4 is 16.5 Å². The van der Waals surface area contributed by atoms with Crippen LogP contribution in [0, 0.1) is 11.3 Å². The minimum absolute atomic E-state index is 0.0104. The number of likely N-dealkylation sites (N-methyl/N-ethyl adjacent to an activating group) is 1. The van der Waals surface area contributed by atoms with Crippen LogP contribution in [0.1, 0.15) is 38.2 Å². The zero-order valence-corrected chi connectivity index (χ0v) is 19.9. The van der Waals surface area contributed by atoms with Crippen molar-refractivity contribution in [3.05, 3.63) is 126 Å². The highest BCUT2D eigenvalue weighted by atomic mass is 15.1. The van der Waals surface area contributed by atoms with Crippen molar-refractivity contribution in [3.8, 4) is 0 Å². The van der Waals surface area contributed by atoms with Gasteiger partial charge in [0, 0.05) is 35.2 Å². The summed E-state index contributed by atoms with van der Waals surface area (Å²) in [6, 6.07) is 26.2. The first-order chi connectivity index (χ1) is 16.0. The van der Waals surface area contributed by atoms with Gasteiger partial charge < -0.3 is 4.90 Å². The van der Waals surface area contributed by atoms with Gasteiger partial charge in [-0.1, -0.05) is 111 Å².